The van der Waals surface area contributed by atoms with Crippen LogP contribution in [0.3, 0.4) is 0 Å². The number of aryl methyl sites for hydroxylation is 2. The molecule has 0 atom stereocenters. The van der Waals surface area contributed by atoms with Gasteiger partial charge in [0.1, 0.15) is 0 Å². The number of hydrogen-bond donors (Lipinski definition) is 0. The predicted octanol–water partition coefficient (Wildman–Crippen LogP) is 1.75. The van der Waals surface area contributed by atoms with E-state index in [1.807, 2.05) is 36.5 Å². The minimum atomic E-state index is 0.0866. The van der Waals surface area contributed by atoms with Gasteiger partial charge in [0.25, 0.3) is 0 Å². The van der Waals surface area contributed by atoms with Gasteiger partial charge >= 0.3 is 0 Å². The molecule has 0 spiro atoms. The van der Waals surface area contributed by atoms with Crippen LogP contribution < -0.4 is 0 Å². The minimum Gasteiger partial charge on any atom is -0.344 e. The SMILES string of the molecule is Cc1cc(C)n(CCN(C)C(=O)CCN2CCCCCC2=O)n1. The molecular formula is C17H28N4O2. The summed E-state index contributed by atoms with van der Waals surface area (Å²) in [7, 11) is 1.82. The molecule has 0 bridgehead atoms. The van der Waals surface area contributed by atoms with E-state index in [1.165, 1.54) is 0 Å². The van der Waals surface area contributed by atoms with Crippen LogP contribution >= 0.6 is 0 Å². The Kier molecular flexibility index (Phi) is 6.19. The molecule has 1 fully saturated rings. The number of likely N-dealkylation sites (N-methyl/N-ethyl adjacent to an activating group) is 1. The van der Waals surface area contributed by atoms with Gasteiger partial charge in [-0.2, -0.15) is 5.10 Å². The summed E-state index contributed by atoms with van der Waals surface area (Å²) in [6.45, 7) is 6.66. The summed E-state index contributed by atoms with van der Waals surface area (Å²) in [6.07, 6.45) is 4.17. The van der Waals surface area contributed by atoms with Crippen LogP contribution in [0, 0.1) is 13.8 Å². The van der Waals surface area contributed by atoms with Gasteiger partial charge in [-0.25, -0.2) is 0 Å². The van der Waals surface area contributed by atoms with Crippen LogP contribution in [0.15, 0.2) is 6.07 Å². The fourth-order valence-electron chi connectivity index (χ4n) is 2.97. The Morgan fingerprint density at radius 2 is 2.04 bits per heavy atom. The highest BCUT2D eigenvalue weighted by atomic mass is 16.2. The maximum atomic E-state index is 12.2. The van der Waals surface area contributed by atoms with E-state index in [0.29, 0.717) is 32.5 Å². The van der Waals surface area contributed by atoms with E-state index in [0.717, 1.165) is 37.2 Å². The maximum absolute atomic E-state index is 12.2. The Balaban J connectivity index is 1.76. The molecular weight excluding hydrogens is 292 g/mol. The van der Waals surface area contributed by atoms with Gasteiger partial charge in [0.15, 0.2) is 0 Å². The Morgan fingerprint density at radius 3 is 2.74 bits per heavy atom. The van der Waals surface area contributed by atoms with E-state index >= 15 is 0 Å². The summed E-state index contributed by atoms with van der Waals surface area (Å²) in [4.78, 5) is 27.8. The Labute approximate surface area is 138 Å². The molecule has 1 aliphatic heterocycles. The monoisotopic (exact) mass is 320 g/mol. The van der Waals surface area contributed by atoms with E-state index in [9.17, 15) is 9.59 Å². The molecule has 0 aromatic carbocycles. The highest BCUT2D eigenvalue weighted by molar-refractivity contribution is 5.79. The zero-order valence-electron chi connectivity index (χ0n) is 14.5. The highest BCUT2D eigenvalue weighted by Gasteiger charge is 2.18. The molecule has 0 aliphatic carbocycles. The lowest BCUT2D eigenvalue weighted by atomic mass is 10.2. The number of likely N-dealkylation sites (tertiary alicyclic amines) is 1. The van der Waals surface area contributed by atoms with Gasteiger partial charge in [0.2, 0.25) is 11.8 Å². The zero-order valence-corrected chi connectivity index (χ0v) is 14.5. The van der Waals surface area contributed by atoms with Crippen LogP contribution in [0.25, 0.3) is 0 Å². The number of carbonyl (C=O) groups is 2. The van der Waals surface area contributed by atoms with Gasteiger partial charge in [-0.05, 0) is 32.8 Å². The summed E-state index contributed by atoms with van der Waals surface area (Å²) in [5.41, 5.74) is 2.11. The molecule has 2 amide bonds. The normalized spacial score (nSPS) is 15.6. The van der Waals surface area contributed by atoms with Crippen LogP contribution in [-0.2, 0) is 16.1 Å². The third-order valence-corrected chi connectivity index (χ3v) is 4.44. The highest BCUT2D eigenvalue weighted by Crippen LogP contribution is 2.11. The van der Waals surface area contributed by atoms with Crippen molar-refractivity contribution in [2.24, 2.45) is 0 Å². The third kappa shape index (κ3) is 5.08. The van der Waals surface area contributed by atoms with E-state index in [2.05, 4.69) is 5.10 Å². The minimum absolute atomic E-state index is 0.0866. The molecule has 6 nitrogen and oxygen atoms in total. The van der Waals surface area contributed by atoms with Gasteiger partial charge in [0, 0.05) is 45.2 Å². The predicted molar refractivity (Wildman–Crippen MR) is 89.0 cm³/mol. The van der Waals surface area contributed by atoms with Gasteiger partial charge in [-0.15, -0.1) is 0 Å². The van der Waals surface area contributed by atoms with Crippen LogP contribution in [-0.4, -0.2) is 58.1 Å². The van der Waals surface area contributed by atoms with Crippen LogP contribution in [0.1, 0.15) is 43.5 Å². The second-order valence-electron chi connectivity index (χ2n) is 6.41. The van der Waals surface area contributed by atoms with Crippen molar-refractivity contribution >= 4 is 11.8 Å². The first-order valence-corrected chi connectivity index (χ1v) is 8.50. The molecule has 0 N–H and O–H groups in total. The van der Waals surface area contributed by atoms with Crippen molar-refractivity contribution in [2.45, 2.75) is 52.5 Å². The third-order valence-electron chi connectivity index (χ3n) is 4.44. The Bertz CT molecular complexity index is 553. The molecule has 1 saturated heterocycles. The average Bonchev–Trinajstić information content (AvgIpc) is 2.70. The molecule has 1 aliphatic rings. The van der Waals surface area contributed by atoms with Gasteiger partial charge in [0.05, 0.1) is 12.2 Å². The average molecular weight is 320 g/mol. The van der Waals surface area contributed by atoms with Crippen molar-refractivity contribution < 1.29 is 9.59 Å². The summed E-state index contributed by atoms with van der Waals surface area (Å²) in [5, 5.41) is 4.41. The Morgan fingerprint density at radius 1 is 1.26 bits per heavy atom. The molecule has 23 heavy (non-hydrogen) atoms. The second kappa shape index (κ2) is 8.13. The van der Waals surface area contributed by atoms with E-state index in [4.69, 9.17) is 0 Å². The fourth-order valence-corrected chi connectivity index (χ4v) is 2.97. The van der Waals surface area contributed by atoms with Gasteiger partial charge in [-0.3, -0.25) is 14.3 Å². The summed E-state index contributed by atoms with van der Waals surface area (Å²) < 4.78 is 1.93. The molecule has 2 heterocycles. The summed E-state index contributed by atoms with van der Waals surface area (Å²) in [6, 6.07) is 2.03. The molecule has 128 valence electrons. The van der Waals surface area contributed by atoms with Crippen molar-refractivity contribution in [3.8, 4) is 0 Å². The van der Waals surface area contributed by atoms with E-state index in [-0.39, 0.29) is 11.8 Å². The largest absolute Gasteiger partial charge is 0.344 e. The van der Waals surface area contributed by atoms with Crippen LogP contribution in [0.2, 0.25) is 0 Å². The second-order valence-corrected chi connectivity index (χ2v) is 6.41. The number of aromatic nitrogens is 2. The molecule has 0 radical (unpaired) electrons. The topological polar surface area (TPSA) is 58.4 Å². The molecule has 2 rings (SSSR count). The Hall–Kier alpha value is -1.85. The first-order chi connectivity index (χ1) is 11.0. The maximum Gasteiger partial charge on any atom is 0.224 e. The molecule has 0 saturated carbocycles. The first-order valence-electron chi connectivity index (χ1n) is 8.50. The molecule has 0 unspecified atom stereocenters. The fraction of sp³-hybridized carbons (Fsp3) is 0.706. The van der Waals surface area contributed by atoms with Gasteiger partial charge < -0.3 is 9.80 Å². The number of nitrogens with zero attached hydrogens (tertiary/aromatic N) is 4. The smallest absolute Gasteiger partial charge is 0.224 e. The molecule has 1 aromatic rings. The number of carbonyl (C=O) groups excluding carboxylic acids is 2. The van der Waals surface area contributed by atoms with Crippen molar-refractivity contribution in [1.82, 2.24) is 19.6 Å². The lowest BCUT2D eigenvalue weighted by Crippen LogP contribution is -2.36. The molecule has 1 aromatic heterocycles. The number of amides is 2. The lowest BCUT2D eigenvalue weighted by Gasteiger charge is -2.22. The van der Waals surface area contributed by atoms with E-state index < -0.39 is 0 Å². The first kappa shape index (κ1) is 17.5. The van der Waals surface area contributed by atoms with Crippen molar-refractivity contribution in [1.29, 1.82) is 0 Å². The number of hydrogen-bond acceptors (Lipinski definition) is 3. The molecule has 6 heteroatoms. The van der Waals surface area contributed by atoms with Crippen molar-refractivity contribution in [2.75, 3.05) is 26.7 Å². The van der Waals surface area contributed by atoms with Crippen LogP contribution in [0.5, 0.6) is 0 Å². The summed E-state index contributed by atoms with van der Waals surface area (Å²) >= 11 is 0. The lowest BCUT2D eigenvalue weighted by molar-refractivity contribution is -0.133. The summed E-state index contributed by atoms with van der Waals surface area (Å²) in [5.74, 6) is 0.282. The van der Waals surface area contributed by atoms with Crippen molar-refractivity contribution in [3.63, 3.8) is 0 Å². The van der Waals surface area contributed by atoms with E-state index in [1.54, 1.807) is 4.90 Å². The van der Waals surface area contributed by atoms with Crippen molar-refractivity contribution in [3.05, 3.63) is 17.5 Å². The number of rotatable bonds is 6. The van der Waals surface area contributed by atoms with Crippen LogP contribution in [0.4, 0.5) is 0 Å². The standard InChI is InChI=1S/C17H28N4O2/c1-14-13-15(2)21(18-14)12-11-19(3)16(22)8-10-20-9-6-4-5-7-17(20)23/h13H,4-12H2,1-3H3. The quantitative estimate of drug-likeness (QED) is 0.802. The zero-order chi connectivity index (χ0) is 16.8. The van der Waals surface area contributed by atoms with Gasteiger partial charge in [-0.1, -0.05) is 6.42 Å².